The number of amides is 1. The second kappa shape index (κ2) is 8.59. The number of carbonyl (C=O) groups excluding carboxylic acids is 1. The average molecular weight is 407 g/mol. The Bertz CT molecular complexity index is 1030. The van der Waals surface area contributed by atoms with E-state index in [1.54, 1.807) is 16.7 Å². The second-order valence-corrected chi connectivity index (χ2v) is 7.31. The molecule has 0 saturated carbocycles. The Balaban J connectivity index is 1.63. The van der Waals surface area contributed by atoms with Gasteiger partial charge in [-0.2, -0.15) is 5.10 Å². The molecule has 0 saturated heterocycles. The van der Waals surface area contributed by atoms with Crippen molar-refractivity contribution in [3.8, 4) is 11.5 Å². The summed E-state index contributed by atoms with van der Waals surface area (Å²) in [5.41, 5.74) is 3.63. The lowest BCUT2D eigenvalue weighted by molar-refractivity contribution is -0.143. The van der Waals surface area contributed by atoms with Crippen molar-refractivity contribution >= 4 is 5.91 Å². The van der Waals surface area contributed by atoms with Crippen molar-refractivity contribution in [1.29, 1.82) is 0 Å². The van der Waals surface area contributed by atoms with Crippen LogP contribution in [0.1, 0.15) is 28.6 Å². The zero-order chi connectivity index (χ0) is 21.1. The average Bonchev–Trinajstić information content (AvgIpc) is 3.34. The van der Waals surface area contributed by atoms with Crippen molar-refractivity contribution in [3.63, 3.8) is 0 Å². The van der Waals surface area contributed by atoms with E-state index >= 15 is 0 Å². The maximum absolute atomic E-state index is 13.6. The number of methoxy groups -OCH3 is 1. The number of aryl methyl sites for hydroxylation is 2. The SMILES string of the molecule is CO[C@H](C(=O)N(Cc1ccc2c(c1)OCO2)Cc1cc(C)nn1C)c1ccccc1. The maximum Gasteiger partial charge on any atom is 0.256 e. The van der Waals surface area contributed by atoms with E-state index in [4.69, 9.17) is 14.2 Å². The Hall–Kier alpha value is -3.32. The van der Waals surface area contributed by atoms with Crippen LogP contribution in [0.25, 0.3) is 0 Å². The number of ether oxygens (including phenoxy) is 3. The van der Waals surface area contributed by atoms with E-state index in [-0.39, 0.29) is 12.7 Å². The quantitative estimate of drug-likeness (QED) is 0.601. The van der Waals surface area contributed by atoms with Crippen LogP contribution in [-0.4, -0.2) is 34.5 Å². The van der Waals surface area contributed by atoms with E-state index in [0.29, 0.717) is 18.8 Å². The summed E-state index contributed by atoms with van der Waals surface area (Å²) in [6.45, 7) is 2.98. The number of hydrogen-bond donors (Lipinski definition) is 0. The van der Waals surface area contributed by atoms with E-state index in [2.05, 4.69) is 5.10 Å². The number of aromatic nitrogens is 2. The van der Waals surface area contributed by atoms with Gasteiger partial charge in [0.05, 0.1) is 17.9 Å². The summed E-state index contributed by atoms with van der Waals surface area (Å²) in [5, 5.41) is 4.41. The minimum Gasteiger partial charge on any atom is -0.454 e. The van der Waals surface area contributed by atoms with Gasteiger partial charge in [-0.1, -0.05) is 36.4 Å². The molecule has 0 radical (unpaired) electrons. The van der Waals surface area contributed by atoms with Gasteiger partial charge in [0, 0.05) is 20.7 Å². The molecule has 3 aromatic rings. The van der Waals surface area contributed by atoms with Crippen LogP contribution in [0.2, 0.25) is 0 Å². The van der Waals surface area contributed by atoms with Crippen molar-refractivity contribution in [2.75, 3.05) is 13.9 Å². The maximum atomic E-state index is 13.6. The van der Waals surface area contributed by atoms with Crippen LogP contribution in [0.15, 0.2) is 54.6 Å². The van der Waals surface area contributed by atoms with Gasteiger partial charge in [0.2, 0.25) is 6.79 Å². The normalized spacial score (nSPS) is 13.3. The predicted molar refractivity (Wildman–Crippen MR) is 111 cm³/mol. The highest BCUT2D eigenvalue weighted by Gasteiger charge is 2.27. The van der Waals surface area contributed by atoms with Gasteiger partial charge in [0.1, 0.15) is 0 Å². The van der Waals surface area contributed by atoms with Gasteiger partial charge in [0.25, 0.3) is 5.91 Å². The summed E-state index contributed by atoms with van der Waals surface area (Å²) in [6.07, 6.45) is -0.686. The third-order valence-electron chi connectivity index (χ3n) is 5.14. The molecule has 1 atom stereocenters. The Morgan fingerprint density at radius 3 is 2.60 bits per heavy atom. The lowest BCUT2D eigenvalue weighted by atomic mass is 10.1. The molecule has 7 nitrogen and oxygen atoms in total. The molecule has 1 aliphatic rings. The lowest BCUT2D eigenvalue weighted by Gasteiger charge is -2.27. The van der Waals surface area contributed by atoms with Crippen molar-refractivity contribution in [2.24, 2.45) is 7.05 Å². The Labute approximate surface area is 175 Å². The molecule has 0 bridgehead atoms. The largest absolute Gasteiger partial charge is 0.454 e. The van der Waals surface area contributed by atoms with Gasteiger partial charge in [-0.05, 0) is 36.2 Å². The van der Waals surface area contributed by atoms with E-state index in [9.17, 15) is 4.79 Å². The molecule has 0 fully saturated rings. The first-order chi connectivity index (χ1) is 14.5. The fourth-order valence-corrected chi connectivity index (χ4v) is 3.65. The Kier molecular flexibility index (Phi) is 5.72. The number of hydrogen-bond acceptors (Lipinski definition) is 5. The molecule has 0 unspecified atom stereocenters. The van der Waals surface area contributed by atoms with Crippen LogP contribution in [0.3, 0.4) is 0 Å². The van der Waals surface area contributed by atoms with Gasteiger partial charge in [0.15, 0.2) is 17.6 Å². The molecule has 0 aliphatic carbocycles. The molecular weight excluding hydrogens is 382 g/mol. The van der Waals surface area contributed by atoms with Crippen molar-refractivity contribution in [1.82, 2.24) is 14.7 Å². The molecule has 1 aliphatic heterocycles. The first-order valence-corrected chi connectivity index (χ1v) is 9.79. The summed E-state index contributed by atoms with van der Waals surface area (Å²) < 4.78 is 18.3. The molecule has 1 aromatic heterocycles. The van der Waals surface area contributed by atoms with E-state index in [1.807, 2.05) is 68.6 Å². The second-order valence-electron chi connectivity index (χ2n) is 7.31. The number of benzene rings is 2. The molecule has 1 amide bonds. The number of carbonyl (C=O) groups is 1. The van der Waals surface area contributed by atoms with Gasteiger partial charge in [-0.15, -0.1) is 0 Å². The van der Waals surface area contributed by atoms with E-state index in [0.717, 1.165) is 28.3 Å². The van der Waals surface area contributed by atoms with Crippen molar-refractivity contribution < 1.29 is 19.0 Å². The Morgan fingerprint density at radius 1 is 1.13 bits per heavy atom. The van der Waals surface area contributed by atoms with Gasteiger partial charge in [-0.25, -0.2) is 0 Å². The molecule has 7 heteroatoms. The first kappa shape index (κ1) is 20.0. The van der Waals surface area contributed by atoms with E-state index < -0.39 is 6.10 Å². The minimum atomic E-state index is -0.686. The summed E-state index contributed by atoms with van der Waals surface area (Å²) in [7, 11) is 3.44. The molecule has 2 heterocycles. The minimum absolute atomic E-state index is 0.111. The highest BCUT2D eigenvalue weighted by atomic mass is 16.7. The third-order valence-corrected chi connectivity index (χ3v) is 5.14. The third kappa shape index (κ3) is 4.16. The zero-order valence-electron chi connectivity index (χ0n) is 17.4. The highest BCUT2D eigenvalue weighted by molar-refractivity contribution is 5.82. The molecule has 156 valence electrons. The van der Waals surface area contributed by atoms with Gasteiger partial charge < -0.3 is 19.1 Å². The van der Waals surface area contributed by atoms with Gasteiger partial charge in [-0.3, -0.25) is 9.48 Å². The predicted octanol–water partition coefficient (Wildman–Crippen LogP) is 3.37. The molecule has 0 N–H and O–H groups in total. The number of fused-ring (bicyclic) bond motifs is 1. The van der Waals surface area contributed by atoms with Crippen LogP contribution in [0.4, 0.5) is 0 Å². The fourth-order valence-electron chi connectivity index (χ4n) is 3.65. The summed E-state index contributed by atoms with van der Waals surface area (Å²) in [5.74, 6) is 1.31. The van der Waals surface area contributed by atoms with Crippen LogP contribution in [0.5, 0.6) is 11.5 Å². The zero-order valence-corrected chi connectivity index (χ0v) is 17.4. The lowest BCUT2D eigenvalue weighted by Crippen LogP contribution is -2.35. The number of nitrogens with zero attached hydrogens (tertiary/aromatic N) is 3. The van der Waals surface area contributed by atoms with E-state index in [1.165, 1.54) is 0 Å². The molecule has 2 aromatic carbocycles. The standard InChI is InChI=1S/C23H25N3O4/c1-16-11-19(25(2)24-16)14-26(13-17-9-10-20-21(12-17)30-15-29-20)23(27)22(28-3)18-7-5-4-6-8-18/h4-12,22H,13-15H2,1-3H3/t22-/m0/s1. The van der Waals surface area contributed by atoms with Crippen molar-refractivity contribution in [3.05, 3.63) is 77.1 Å². The van der Waals surface area contributed by atoms with Crippen LogP contribution in [0, 0.1) is 6.92 Å². The fraction of sp³-hybridized carbons (Fsp3) is 0.304. The Morgan fingerprint density at radius 2 is 1.90 bits per heavy atom. The van der Waals surface area contributed by atoms with Crippen LogP contribution in [-0.2, 0) is 29.7 Å². The smallest absolute Gasteiger partial charge is 0.256 e. The monoisotopic (exact) mass is 407 g/mol. The van der Waals surface area contributed by atoms with Crippen LogP contribution >= 0.6 is 0 Å². The molecule has 0 spiro atoms. The molecular formula is C23H25N3O4. The van der Waals surface area contributed by atoms with Crippen molar-refractivity contribution in [2.45, 2.75) is 26.1 Å². The first-order valence-electron chi connectivity index (χ1n) is 9.79. The molecule has 4 rings (SSSR count). The highest BCUT2D eigenvalue weighted by Crippen LogP contribution is 2.33. The van der Waals surface area contributed by atoms with Crippen LogP contribution < -0.4 is 9.47 Å². The number of rotatable bonds is 7. The summed E-state index contributed by atoms with van der Waals surface area (Å²) in [6, 6.07) is 17.3. The summed E-state index contributed by atoms with van der Waals surface area (Å²) in [4.78, 5) is 15.3. The topological polar surface area (TPSA) is 65.8 Å². The van der Waals surface area contributed by atoms with Gasteiger partial charge >= 0.3 is 0 Å². The molecule has 30 heavy (non-hydrogen) atoms. The summed E-state index contributed by atoms with van der Waals surface area (Å²) >= 11 is 0.